The molecule has 0 spiro atoms. The second-order valence-corrected chi connectivity index (χ2v) is 2.71. The Kier molecular flexibility index (Phi) is 1.46. The molecule has 0 saturated heterocycles. The monoisotopic (exact) mass is 147 g/mol. The number of hydrogen-bond acceptors (Lipinski definition) is 2. The van der Waals surface area contributed by atoms with Gasteiger partial charge in [-0.1, -0.05) is 18.2 Å². The van der Waals surface area contributed by atoms with Crippen LogP contribution in [-0.4, -0.2) is 18.0 Å². The van der Waals surface area contributed by atoms with E-state index in [1.165, 1.54) is 0 Å². The van der Waals surface area contributed by atoms with E-state index in [-0.39, 0.29) is 5.78 Å². The topological polar surface area (TPSA) is 29.4 Å². The van der Waals surface area contributed by atoms with Crippen LogP contribution in [0.15, 0.2) is 28.8 Å². The van der Waals surface area contributed by atoms with Gasteiger partial charge in [0.15, 0.2) is 5.78 Å². The number of Topliss-reactive ketones (excluding diaryl/α,β-unsaturated/α-hetero) is 1. The van der Waals surface area contributed by atoms with Crippen LogP contribution in [0, 0.1) is 0 Å². The molecule has 0 unspecified atom stereocenters. The molecule has 0 amide bonds. The molecular weight excluding hydrogens is 138 g/mol. The van der Waals surface area contributed by atoms with Crippen LogP contribution < -0.4 is 0 Å². The number of dihydropyridines is 1. The fourth-order valence-corrected chi connectivity index (χ4v) is 1.38. The number of hydrogen-bond donors (Lipinski definition) is 0. The highest BCUT2D eigenvalue weighted by molar-refractivity contribution is 6.47. The summed E-state index contributed by atoms with van der Waals surface area (Å²) in [4.78, 5) is 15.4. The van der Waals surface area contributed by atoms with E-state index >= 15 is 0 Å². The molecule has 11 heavy (non-hydrogen) atoms. The number of nitrogens with zero attached hydrogens (tertiary/aromatic N) is 1. The van der Waals surface area contributed by atoms with Crippen LogP contribution in [0.5, 0.6) is 0 Å². The number of fused-ring (bicyclic) bond motifs is 1. The van der Waals surface area contributed by atoms with Crippen LogP contribution in [0.25, 0.3) is 0 Å². The predicted octanol–water partition coefficient (Wildman–Crippen LogP) is 1.29. The van der Waals surface area contributed by atoms with Gasteiger partial charge >= 0.3 is 0 Å². The Balaban J connectivity index is 2.41. The summed E-state index contributed by atoms with van der Waals surface area (Å²) in [6.45, 7) is 0.665. The molecule has 0 bridgehead atoms. The zero-order valence-corrected chi connectivity index (χ0v) is 6.21. The molecular formula is C9H9NO. The molecule has 1 aliphatic heterocycles. The minimum Gasteiger partial charge on any atom is -0.292 e. The quantitative estimate of drug-likeness (QED) is 0.507. The Hall–Kier alpha value is -1.18. The molecule has 0 atom stereocenters. The number of allylic oxidation sites excluding steroid dienone is 3. The van der Waals surface area contributed by atoms with Crippen molar-refractivity contribution in [1.82, 2.24) is 0 Å². The van der Waals surface area contributed by atoms with Crippen molar-refractivity contribution in [2.24, 2.45) is 4.99 Å². The van der Waals surface area contributed by atoms with Crippen molar-refractivity contribution in [3.63, 3.8) is 0 Å². The summed E-state index contributed by atoms with van der Waals surface area (Å²) < 4.78 is 0. The number of carbonyl (C=O) groups is 1. The average Bonchev–Trinajstić information content (AvgIpc) is 2.06. The fourth-order valence-electron chi connectivity index (χ4n) is 1.38. The third-order valence-electron chi connectivity index (χ3n) is 1.93. The second-order valence-electron chi connectivity index (χ2n) is 2.71. The largest absolute Gasteiger partial charge is 0.292 e. The standard InChI is InChI=1S/C9H9NO/c11-8-5-1-3-7-4-2-6-10-9(7)8/h2-4H,1,5-6H2. The molecule has 2 nitrogen and oxygen atoms in total. The summed E-state index contributed by atoms with van der Waals surface area (Å²) in [7, 11) is 0. The molecule has 0 aromatic rings. The van der Waals surface area contributed by atoms with Crippen molar-refractivity contribution in [2.75, 3.05) is 6.54 Å². The van der Waals surface area contributed by atoms with E-state index in [0.717, 1.165) is 12.0 Å². The molecule has 0 fully saturated rings. The third-order valence-corrected chi connectivity index (χ3v) is 1.93. The lowest BCUT2D eigenvalue weighted by atomic mass is 9.94. The predicted molar refractivity (Wildman–Crippen MR) is 43.8 cm³/mol. The van der Waals surface area contributed by atoms with E-state index in [4.69, 9.17) is 0 Å². The van der Waals surface area contributed by atoms with Gasteiger partial charge in [-0.2, -0.15) is 0 Å². The highest BCUT2D eigenvalue weighted by atomic mass is 16.1. The Labute approximate surface area is 65.3 Å². The van der Waals surface area contributed by atoms with Crippen molar-refractivity contribution in [3.05, 3.63) is 23.8 Å². The summed E-state index contributed by atoms with van der Waals surface area (Å²) in [6, 6.07) is 0. The normalized spacial score (nSPS) is 22.4. The maximum Gasteiger partial charge on any atom is 0.181 e. The van der Waals surface area contributed by atoms with Gasteiger partial charge < -0.3 is 0 Å². The molecule has 56 valence electrons. The summed E-state index contributed by atoms with van der Waals surface area (Å²) in [5.74, 6) is 0.201. The summed E-state index contributed by atoms with van der Waals surface area (Å²) in [5, 5.41) is 0. The third kappa shape index (κ3) is 1.04. The minimum absolute atomic E-state index is 0.201. The molecule has 0 N–H and O–H groups in total. The van der Waals surface area contributed by atoms with Gasteiger partial charge in [-0.3, -0.25) is 9.79 Å². The van der Waals surface area contributed by atoms with Gasteiger partial charge in [-0.15, -0.1) is 0 Å². The van der Waals surface area contributed by atoms with Gasteiger partial charge in [0.1, 0.15) is 5.71 Å². The molecule has 0 saturated carbocycles. The number of ketones is 1. The highest BCUT2D eigenvalue weighted by Gasteiger charge is 2.19. The summed E-state index contributed by atoms with van der Waals surface area (Å²) >= 11 is 0. The highest BCUT2D eigenvalue weighted by Crippen LogP contribution is 2.16. The van der Waals surface area contributed by atoms with Crippen molar-refractivity contribution >= 4 is 11.5 Å². The van der Waals surface area contributed by atoms with E-state index in [0.29, 0.717) is 18.7 Å². The van der Waals surface area contributed by atoms with Crippen LogP contribution in [0.2, 0.25) is 0 Å². The van der Waals surface area contributed by atoms with Crippen molar-refractivity contribution in [2.45, 2.75) is 12.8 Å². The second kappa shape index (κ2) is 2.46. The number of rotatable bonds is 0. The van der Waals surface area contributed by atoms with E-state index in [1.54, 1.807) is 0 Å². The number of carbonyl (C=O) groups excluding carboxylic acids is 1. The zero-order chi connectivity index (χ0) is 7.68. The van der Waals surface area contributed by atoms with Gasteiger partial charge in [0, 0.05) is 6.42 Å². The SMILES string of the molecule is O=C1CCC=C2C=CCN=C12. The zero-order valence-electron chi connectivity index (χ0n) is 6.21. The van der Waals surface area contributed by atoms with E-state index in [9.17, 15) is 4.79 Å². The molecule has 0 radical (unpaired) electrons. The van der Waals surface area contributed by atoms with Crippen LogP contribution in [0.4, 0.5) is 0 Å². The van der Waals surface area contributed by atoms with Gasteiger partial charge in [-0.25, -0.2) is 0 Å². The first kappa shape index (κ1) is 6.53. The van der Waals surface area contributed by atoms with Gasteiger partial charge in [-0.05, 0) is 12.0 Å². The van der Waals surface area contributed by atoms with Crippen molar-refractivity contribution in [1.29, 1.82) is 0 Å². The van der Waals surface area contributed by atoms with E-state index in [1.807, 2.05) is 12.2 Å². The Morgan fingerprint density at radius 2 is 2.36 bits per heavy atom. The lowest BCUT2D eigenvalue weighted by Crippen LogP contribution is -2.21. The van der Waals surface area contributed by atoms with Gasteiger partial charge in [0.25, 0.3) is 0 Å². The maximum atomic E-state index is 11.2. The van der Waals surface area contributed by atoms with Crippen molar-refractivity contribution < 1.29 is 4.79 Å². The van der Waals surface area contributed by atoms with Crippen LogP contribution >= 0.6 is 0 Å². The Morgan fingerprint density at radius 1 is 1.45 bits per heavy atom. The summed E-state index contributed by atoms with van der Waals surface area (Å²) in [5.41, 5.74) is 1.71. The van der Waals surface area contributed by atoms with Crippen LogP contribution in [0.1, 0.15) is 12.8 Å². The molecule has 2 heteroatoms. The lowest BCUT2D eigenvalue weighted by molar-refractivity contribution is -0.113. The number of aliphatic imine (C=N–C) groups is 1. The smallest absolute Gasteiger partial charge is 0.181 e. The first-order valence-corrected chi connectivity index (χ1v) is 3.82. The molecule has 2 rings (SSSR count). The minimum atomic E-state index is 0.201. The molecule has 2 aliphatic rings. The molecule has 1 heterocycles. The van der Waals surface area contributed by atoms with E-state index in [2.05, 4.69) is 11.1 Å². The Bertz CT molecular complexity index is 284. The maximum absolute atomic E-state index is 11.2. The summed E-state index contributed by atoms with van der Waals surface area (Å²) in [6.07, 6.45) is 7.55. The molecule has 0 aromatic carbocycles. The first-order valence-electron chi connectivity index (χ1n) is 3.82. The Morgan fingerprint density at radius 3 is 3.18 bits per heavy atom. The average molecular weight is 147 g/mol. The molecule has 1 aliphatic carbocycles. The van der Waals surface area contributed by atoms with Gasteiger partial charge in [0.05, 0.1) is 6.54 Å². The lowest BCUT2D eigenvalue weighted by Gasteiger charge is -2.13. The fraction of sp³-hybridized carbons (Fsp3) is 0.333. The van der Waals surface area contributed by atoms with Crippen molar-refractivity contribution in [3.8, 4) is 0 Å². The van der Waals surface area contributed by atoms with Crippen LogP contribution in [0.3, 0.4) is 0 Å². The molecule has 0 aromatic heterocycles. The van der Waals surface area contributed by atoms with E-state index < -0.39 is 0 Å². The van der Waals surface area contributed by atoms with Crippen LogP contribution in [-0.2, 0) is 4.79 Å². The van der Waals surface area contributed by atoms with Gasteiger partial charge in [0.2, 0.25) is 0 Å². The first-order chi connectivity index (χ1) is 5.38.